The second-order valence-corrected chi connectivity index (χ2v) is 8.68. The molecule has 2 heterocycles. The predicted molar refractivity (Wildman–Crippen MR) is 125 cm³/mol. The molecule has 5 nitrogen and oxygen atoms in total. The van der Waals surface area contributed by atoms with Gasteiger partial charge in [-0.3, -0.25) is 9.88 Å². The number of pyridine rings is 1. The number of anilines is 1. The van der Waals surface area contributed by atoms with Gasteiger partial charge in [-0.2, -0.15) is 0 Å². The van der Waals surface area contributed by atoms with Crippen LogP contribution in [0.2, 0.25) is 0 Å². The largest absolute Gasteiger partial charge is 0.478 e. The van der Waals surface area contributed by atoms with Gasteiger partial charge >= 0.3 is 5.97 Å². The molecule has 0 saturated heterocycles. The Bertz CT molecular complexity index is 1120. The summed E-state index contributed by atoms with van der Waals surface area (Å²) < 4.78 is 0. The van der Waals surface area contributed by atoms with Crippen LogP contribution in [0.4, 0.5) is 5.69 Å². The fourth-order valence-electron chi connectivity index (χ4n) is 4.42. The van der Waals surface area contributed by atoms with E-state index in [0.29, 0.717) is 18.2 Å². The normalized spacial score (nSPS) is 15.8. The molecule has 4 rings (SSSR count). The molecule has 160 valence electrons. The smallest absolute Gasteiger partial charge is 0.337 e. The van der Waals surface area contributed by atoms with Crippen LogP contribution in [0.25, 0.3) is 11.1 Å². The van der Waals surface area contributed by atoms with E-state index in [0.717, 1.165) is 6.54 Å². The molecule has 0 amide bonds. The van der Waals surface area contributed by atoms with Crippen molar-refractivity contribution in [2.45, 2.75) is 39.3 Å². The summed E-state index contributed by atoms with van der Waals surface area (Å²) in [6.07, 6.45) is 3.08. The molecule has 1 aliphatic heterocycles. The molecule has 0 aliphatic carbocycles. The highest BCUT2D eigenvalue weighted by Gasteiger charge is 2.28. The van der Waals surface area contributed by atoms with Crippen LogP contribution in [0.3, 0.4) is 0 Å². The first-order chi connectivity index (χ1) is 14.8. The molecule has 1 aromatic heterocycles. The summed E-state index contributed by atoms with van der Waals surface area (Å²) in [5, 5.41) is 12.7. The van der Waals surface area contributed by atoms with Crippen LogP contribution >= 0.6 is 0 Å². The number of aromatic nitrogens is 1. The first kappa shape index (κ1) is 21.1. The van der Waals surface area contributed by atoms with Crippen LogP contribution in [0.5, 0.6) is 0 Å². The summed E-state index contributed by atoms with van der Waals surface area (Å²) in [5.74, 6) is -0.426. The monoisotopic (exact) mass is 415 g/mol. The van der Waals surface area contributed by atoms with Crippen LogP contribution < -0.4 is 5.32 Å². The first-order valence-electron chi connectivity index (χ1n) is 10.7. The Morgan fingerprint density at radius 2 is 2.03 bits per heavy atom. The van der Waals surface area contributed by atoms with Gasteiger partial charge in [0.2, 0.25) is 0 Å². The van der Waals surface area contributed by atoms with Crippen molar-refractivity contribution in [1.82, 2.24) is 9.88 Å². The molecule has 0 unspecified atom stereocenters. The minimum Gasteiger partial charge on any atom is -0.478 e. The minimum atomic E-state index is -0.950. The Labute approximate surface area is 183 Å². The van der Waals surface area contributed by atoms with Gasteiger partial charge in [0.15, 0.2) is 0 Å². The average Bonchev–Trinajstić information content (AvgIpc) is 3.06. The number of aryl methyl sites for hydroxylation is 1. The Morgan fingerprint density at radius 1 is 1.23 bits per heavy atom. The number of fused-ring (bicyclic) bond motifs is 1. The molecule has 2 N–H and O–H groups in total. The zero-order chi connectivity index (χ0) is 22.1. The molecule has 0 fully saturated rings. The molecule has 2 aromatic carbocycles. The quantitative estimate of drug-likeness (QED) is 0.558. The number of aromatic carboxylic acids is 1. The van der Waals surface area contributed by atoms with E-state index in [2.05, 4.69) is 79.4 Å². The Hall–Kier alpha value is -3.18. The maximum Gasteiger partial charge on any atom is 0.337 e. The third kappa shape index (κ3) is 4.19. The second kappa shape index (κ2) is 8.52. The van der Waals surface area contributed by atoms with Crippen molar-refractivity contribution in [3.63, 3.8) is 0 Å². The number of carboxylic acids is 1. The number of rotatable bonds is 6. The summed E-state index contributed by atoms with van der Waals surface area (Å²) in [6, 6.07) is 15.2. The van der Waals surface area contributed by atoms with Gasteiger partial charge in [-0.15, -0.1) is 0 Å². The van der Waals surface area contributed by atoms with Gasteiger partial charge in [0.05, 0.1) is 23.5 Å². The molecular weight excluding hydrogens is 386 g/mol. The Kier molecular flexibility index (Phi) is 5.79. The summed E-state index contributed by atoms with van der Waals surface area (Å²) in [4.78, 5) is 17.8. The van der Waals surface area contributed by atoms with Gasteiger partial charge in [0.1, 0.15) is 0 Å². The summed E-state index contributed by atoms with van der Waals surface area (Å²) in [6.45, 7) is 8.12. The van der Waals surface area contributed by atoms with E-state index in [-0.39, 0.29) is 11.6 Å². The zero-order valence-electron chi connectivity index (χ0n) is 18.5. The van der Waals surface area contributed by atoms with Crippen molar-refractivity contribution in [3.05, 3.63) is 82.7 Å². The third-order valence-corrected chi connectivity index (χ3v) is 6.22. The fraction of sp³-hybridized carbons (Fsp3) is 0.308. The zero-order valence-corrected chi connectivity index (χ0v) is 18.5. The second-order valence-electron chi connectivity index (χ2n) is 8.68. The van der Waals surface area contributed by atoms with E-state index in [1.807, 2.05) is 0 Å². The Morgan fingerprint density at radius 3 is 2.74 bits per heavy atom. The fourth-order valence-corrected chi connectivity index (χ4v) is 4.42. The van der Waals surface area contributed by atoms with Crippen molar-refractivity contribution < 1.29 is 9.90 Å². The SMILES string of the molecule is Cc1cc(C(C)C)ccc1-c1ccc2c(c1)CN(C)[C@@H]2CNc1cnccc1C(=O)O. The number of hydrogen-bond acceptors (Lipinski definition) is 4. The number of benzene rings is 2. The maximum absolute atomic E-state index is 11.5. The van der Waals surface area contributed by atoms with Crippen LogP contribution in [-0.4, -0.2) is 34.6 Å². The standard InChI is InChI=1S/C26H29N3O2/c1-16(2)18-5-7-21(17(3)11-18)19-6-8-22-20(12-19)15-29(4)25(22)14-28-24-13-27-10-9-23(24)26(30)31/h5-13,16,25,28H,14-15H2,1-4H3,(H,30,31)/t25-/m1/s1. The lowest BCUT2D eigenvalue weighted by atomic mass is 9.92. The molecule has 0 spiro atoms. The number of hydrogen-bond donors (Lipinski definition) is 2. The molecule has 5 heteroatoms. The van der Waals surface area contributed by atoms with Crippen LogP contribution in [0, 0.1) is 6.92 Å². The summed E-state index contributed by atoms with van der Waals surface area (Å²) in [5.41, 5.74) is 8.59. The summed E-state index contributed by atoms with van der Waals surface area (Å²) >= 11 is 0. The molecule has 0 radical (unpaired) electrons. The van der Waals surface area contributed by atoms with Crippen molar-refractivity contribution in [1.29, 1.82) is 0 Å². The first-order valence-corrected chi connectivity index (χ1v) is 10.7. The lowest BCUT2D eigenvalue weighted by molar-refractivity contribution is 0.0697. The number of carbonyl (C=O) groups is 1. The highest BCUT2D eigenvalue weighted by molar-refractivity contribution is 5.93. The molecule has 1 atom stereocenters. The van der Waals surface area contributed by atoms with Crippen molar-refractivity contribution >= 4 is 11.7 Å². The lowest BCUT2D eigenvalue weighted by Crippen LogP contribution is -2.24. The molecule has 1 aliphatic rings. The lowest BCUT2D eigenvalue weighted by Gasteiger charge is -2.22. The highest BCUT2D eigenvalue weighted by Crippen LogP contribution is 2.36. The third-order valence-electron chi connectivity index (χ3n) is 6.22. The maximum atomic E-state index is 11.5. The van der Waals surface area contributed by atoms with E-state index >= 15 is 0 Å². The van der Waals surface area contributed by atoms with Crippen molar-refractivity contribution in [2.75, 3.05) is 18.9 Å². The van der Waals surface area contributed by atoms with Gasteiger partial charge < -0.3 is 10.4 Å². The van der Waals surface area contributed by atoms with Gasteiger partial charge in [0.25, 0.3) is 0 Å². The van der Waals surface area contributed by atoms with Crippen molar-refractivity contribution in [3.8, 4) is 11.1 Å². The highest BCUT2D eigenvalue weighted by atomic mass is 16.4. The predicted octanol–water partition coefficient (Wildman–Crippen LogP) is 5.48. The van der Waals surface area contributed by atoms with Gasteiger partial charge in [0, 0.05) is 19.3 Å². The number of nitrogens with one attached hydrogen (secondary N) is 1. The molecule has 31 heavy (non-hydrogen) atoms. The number of carboxylic acid groups (broad SMARTS) is 1. The van der Waals surface area contributed by atoms with Crippen LogP contribution in [0.1, 0.15) is 58.4 Å². The van der Waals surface area contributed by atoms with Crippen molar-refractivity contribution in [2.24, 2.45) is 0 Å². The molecule has 3 aromatic rings. The van der Waals surface area contributed by atoms with E-state index in [4.69, 9.17) is 0 Å². The molecule has 0 saturated carbocycles. The van der Waals surface area contributed by atoms with Gasteiger partial charge in [-0.05, 0) is 65.4 Å². The van der Waals surface area contributed by atoms with E-state index in [9.17, 15) is 9.90 Å². The van der Waals surface area contributed by atoms with Gasteiger partial charge in [-0.25, -0.2) is 4.79 Å². The minimum absolute atomic E-state index is 0.176. The van der Waals surface area contributed by atoms with Crippen LogP contribution in [-0.2, 0) is 6.54 Å². The number of nitrogens with zero attached hydrogens (tertiary/aromatic N) is 2. The average molecular weight is 416 g/mol. The van der Waals surface area contributed by atoms with E-state index < -0.39 is 5.97 Å². The molecule has 0 bridgehead atoms. The topological polar surface area (TPSA) is 65.5 Å². The van der Waals surface area contributed by atoms with E-state index in [1.54, 1.807) is 6.20 Å². The molecular formula is C26H29N3O2. The number of likely N-dealkylation sites (N-methyl/N-ethyl adjacent to an activating group) is 1. The van der Waals surface area contributed by atoms with Crippen LogP contribution in [0.15, 0.2) is 54.9 Å². The van der Waals surface area contributed by atoms with E-state index in [1.165, 1.54) is 45.6 Å². The Balaban J connectivity index is 1.57. The van der Waals surface area contributed by atoms with Gasteiger partial charge in [-0.1, -0.05) is 44.2 Å². The summed E-state index contributed by atoms with van der Waals surface area (Å²) in [7, 11) is 2.11.